The number of sulfonamides is 1. The fourth-order valence-corrected chi connectivity index (χ4v) is 3.13. The largest absolute Gasteiger partial charge is 0.392 e. The summed E-state index contributed by atoms with van der Waals surface area (Å²) in [5.74, 6) is 0.713. The molecule has 114 valence electrons. The van der Waals surface area contributed by atoms with E-state index in [1.54, 1.807) is 0 Å². The van der Waals surface area contributed by atoms with Crippen LogP contribution in [0.4, 0.5) is 0 Å². The highest BCUT2D eigenvalue weighted by atomic mass is 35.5. The van der Waals surface area contributed by atoms with E-state index in [2.05, 4.69) is 19.9 Å². The number of nitrogens with zero attached hydrogens (tertiary/aromatic N) is 2. The van der Waals surface area contributed by atoms with Gasteiger partial charge in [0.15, 0.2) is 0 Å². The molecule has 21 heavy (non-hydrogen) atoms. The number of nitrogens with one attached hydrogen (secondary N) is 2. The number of hydrogen-bond donors (Lipinski definition) is 3. The Bertz CT molecular complexity index is 689. The molecule has 0 saturated carbocycles. The molecule has 1 heterocycles. The molecular weight excluding hydrogens is 316 g/mol. The Morgan fingerprint density at radius 1 is 1.38 bits per heavy atom. The monoisotopic (exact) mass is 330 g/mol. The lowest BCUT2D eigenvalue weighted by molar-refractivity contribution is 0.282. The first-order valence-corrected chi connectivity index (χ1v) is 8.12. The van der Waals surface area contributed by atoms with Crippen molar-refractivity contribution < 1.29 is 13.5 Å². The Hall–Kier alpha value is -1.48. The third-order valence-corrected chi connectivity index (χ3v) is 4.66. The zero-order chi connectivity index (χ0) is 15.3. The van der Waals surface area contributed by atoms with Crippen molar-refractivity contribution in [2.24, 2.45) is 0 Å². The Balaban J connectivity index is 1.93. The molecule has 3 N–H and O–H groups in total. The highest BCUT2D eigenvalue weighted by Gasteiger charge is 2.15. The van der Waals surface area contributed by atoms with E-state index in [0.717, 1.165) is 0 Å². The molecule has 0 amide bonds. The molecule has 9 heteroatoms. The molecule has 0 saturated heterocycles. The van der Waals surface area contributed by atoms with Crippen LogP contribution >= 0.6 is 11.6 Å². The van der Waals surface area contributed by atoms with Crippen molar-refractivity contribution >= 4 is 21.6 Å². The third kappa shape index (κ3) is 4.24. The molecule has 0 spiro atoms. The molecule has 0 unspecified atom stereocenters. The Labute approximate surface area is 127 Å². The minimum absolute atomic E-state index is 0.0735. The summed E-state index contributed by atoms with van der Waals surface area (Å²) >= 11 is 5.89. The van der Waals surface area contributed by atoms with Gasteiger partial charge in [0.2, 0.25) is 10.0 Å². The van der Waals surface area contributed by atoms with Crippen molar-refractivity contribution in [3.8, 4) is 0 Å². The fraction of sp³-hybridized carbons (Fsp3) is 0.333. The lowest BCUT2D eigenvalue weighted by atomic mass is 10.2. The van der Waals surface area contributed by atoms with Gasteiger partial charge in [-0.2, -0.15) is 5.10 Å². The number of aromatic nitrogens is 3. The summed E-state index contributed by atoms with van der Waals surface area (Å²) in [6.45, 7) is 0.0478. The maximum absolute atomic E-state index is 12.1. The van der Waals surface area contributed by atoms with E-state index >= 15 is 0 Å². The average Bonchev–Trinajstić information content (AvgIpc) is 2.97. The second-order valence-corrected chi connectivity index (χ2v) is 6.52. The van der Waals surface area contributed by atoms with Crippen molar-refractivity contribution in [1.82, 2.24) is 19.9 Å². The molecular formula is C12H15ClN4O3S. The summed E-state index contributed by atoms with van der Waals surface area (Å²) in [6.07, 6.45) is 2.60. The molecule has 0 aliphatic carbocycles. The molecule has 0 fully saturated rings. The van der Waals surface area contributed by atoms with Crippen molar-refractivity contribution in [3.05, 3.63) is 40.9 Å². The van der Waals surface area contributed by atoms with Gasteiger partial charge in [0.1, 0.15) is 12.2 Å². The van der Waals surface area contributed by atoms with Crippen LogP contribution in [0.15, 0.2) is 29.4 Å². The Morgan fingerprint density at radius 3 is 2.81 bits per heavy atom. The summed E-state index contributed by atoms with van der Waals surface area (Å²) in [5.41, 5.74) is 0.487. The van der Waals surface area contributed by atoms with Gasteiger partial charge in [-0.25, -0.2) is 18.1 Å². The zero-order valence-electron chi connectivity index (χ0n) is 11.1. The number of aliphatic hydroxyl groups excluding tert-OH is 1. The first-order chi connectivity index (χ1) is 10.0. The number of halogens is 1. The maximum Gasteiger partial charge on any atom is 0.240 e. The smallest absolute Gasteiger partial charge is 0.240 e. The van der Waals surface area contributed by atoms with Gasteiger partial charge in [0.05, 0.1) is 11.5 Å². The highest BCUT2D eigenvalue weighted by molar-refractivity contribution is 7.89. The highest BCUT2D eigenvalue weighted by Crippen LogP contribution is 2.20. The molecule has 1 aromatic heterocycles. The van der Waals surface area contributed by atoms with Gasteiger partial charge in [-0.15, -0.1) is 0 Å². The second kappa shape index (κ2) is 6.99. The molecule has 0 radical (unpaired) electrons. The van der Waals surface area contributed by atoms with Crippen molar-refractivity contribution in [2.75, 3.05) is 6.54 Å². The van der Waals surface area contributed by atoms with Crippen LogP contribution in [0.3, 0.4) is 0 Å². The van der Waals surface area contributed by atoms with Crippen LogP contribution in [0.1, 0.15) is 17.8 Å². The summed E-state index contributed by atoms with van der Waals surface area (Å²) in [6, 6.07) is 4.23. The number of aryl methyl sites for hydroxylation is 1. The van der Waals surface area contributed by atoms with E-state index in [-0.39, 0.29) is 23.1 Å². The topological polar surface area (TPSA) is 108 Å². The van der Waals surface area contributed by atoms with Crippen LogP contribution in [-0.4, -0.2) is 35.3 Å². The predicted octanol–water partition coefficient (Wildman–Crippen LogP) is 0.861. The van der Waals surface area contributed by atoms with Gasteiger partial charge in [0.25, 0.3) is 0 Å². The van der Waals surface area contributed by atoms with Crippen molar-refractivity contribution in [3.63, 3.8) is 0 Å². The Morgan fingerprint density at radius 2 is 2.19 bits per heavy atom. The van der Waals surface area contributed by atoms with E-state index in [0.29, 0.717) is 24.2 Å². The van der Waals surface area contributed by atoms with Gasteiger partial charge < -0.3 is 5.11 Å². The molecule has 0 bridgehead atoms. The van der Waals surface area contributed by atoms with Gasteiger partial charge >= 0.3 is 0 Å². The van der Waals surface area contributed by atoms with E-state index in [1.165, 1.54) is 24.5 Å². The minimum atomic E-state index is -3.61. The number of rotatable bonds is 7. The first-order valence-electron chi connectivity index (χ1n) is 6.26. The number of aliphatic hydroxyl groups is 1. The van der Waals surface area contributed by atoms with Gasteiger partial charge in [0, 0.05) is 18.0 Å². The first kappa shape index (κ1) is 15.9. The van der Waals surface area contributed by atoms with Crippen LogP contribution in [0, 0.1) is 0 Å². The van der Waals surface area contributed by atoms with Crippen LogP contribution < -0.4 is 4.72 Å². The molecule has 7 nitrogen and oxygen atoms in total. The third-order valence-electron chi connectivity index (χ3n) is 2.85. The van der Waals surface area contributed by atoms with Gasteiger partial charge in [-0.1, -0.05) is 17.7 Å². The maximum atomic E-state index is 12.1. The number of H-pyrrole nitrogens is 1. The number of hydrogen-bond acceptors (Lipinski definition) is 5. The summed E-state index contributed by atoms with van der Waals surface area (Å²) in [7, 11) is -3.61. The van der Waals surface area contributed by atoms with Crippen molar-refractivity contribution in [2.45, 2.75) is 24.3 Å². The Kier molecular flexibility index (Phi) is 5.29. The van der Waals surface area contributed by atoms with Gasteiger partial charge in [-0.3, -0.25) is 5.10 Å². The van der Waals surface area contributed by atoms with E-state index < -0.39 is 10.0 Å². The van der Waals surface area contributed by atoms with Crippen LogP contribution in [0.25, 0.3) is 0 Å². The van der Waals surface area contributed by atoms with E-state index in [9.17, 15) is 8.42 Å². The molecule has 2 rings (SSSR count). The SMILES string of the molecule is O=S(=O)(NCCCc1ncn[nH]1)c1ccc(CO)c(Cl)c1. The molecule has 0 atom stereocenters. The lowest BCUT2D eigenvalue weighted by Gasteiger charge is -2.08. The fourth-order valence-electron chi connectivity index (χ4n) is 1.72. The molecule has 2 aromatic rings. The number of aromatic amines is 1. The van der Waals surface area contributed by atoms with Crippen LogP contribution in [-0.2, 0) is 23.1 Å². The van der Waals surface area contributed by atoms with E-state index in [1.807, 2.05) is 0 Å². The standard InChI is InChI=1S/C12H15ClN4O3S/c13-11-6-10(4-3-9(11)7-18)21(19,20)16-5-1-2-12-14-8-15-17-12/h3-4,6,8,16,18H,1-2,5,7H2,(H,14,15,17). The average molecular weight is 331 g/mol. The lowest BCUT2D eigenvalue weighted by Crippen LogP contribution is -2.25. The molecule has 0 aliphatic heterocycles. The van der Waals surface area contributed by atoms with Gasteiger partial charge in [-0.05, 0) is 24.1 Å². The zero-order valence-corrected chi connectivity index (χ0v) is 12.7. The summed E-state index contributed by atoms with van der Waals surface area (Å²) in [4.78, 5) is 4.03. The minimum Gasteiger partial charge on any atom is -0.392 e. The quantitative estimate of drug-likeness (QED) is 0.653. The van der Waals surface area contributed by atoms with Crippen molar-refractivity contribution in [1.29, 1.82) is 0 Å². The normalized spacial score (nSPS) is 11.7. The second-order valence-electron chi connectivity index (χ2n) is 4.34. The summed E-state index contributed by atoms with van der Waals surface area (Å²) < 4.78 is 26.6. The van der Waals surface area contributed by atoms with Crippen LogP contribution in [0.2, 0.25) is 5.02 Å². The molecule has 0 aliphatic rings. The van der Waals surface area contributed by atoms with Crippen LogP contribution in [0.5, 0.6) is 0 Å². The molecule has 1 aromatic carbocycles. The van der Waals surface area contributed by atoms with E-state index in [4.69, 9.17) is 16.7 Å². The number of benzene rings is 1. The predicted molar refractivity (Wildman–Crippen MR) is 77.3 cm³/mol. The summed E-state index contributed by atoms with van der Waals surface area (Å²) in [5, 5.41) is 15.7.